The van der Waals surface area contributed by atoms with E-state index in [-0.39, 0.29) is 0 Å². The number of nitrogens with zero attached hydrogens (tertiary/aromatic N) is 2. The van der Waals surface area contributed by atoms with E-state index in [1.54, 1.807) is 6.07 Å². The molecule has 0 atom stereocenters. The molecule has 0 saturated heterocycles. The highest BCUT2D eigenvalue weighted by Crippen LogP contribution is 2.09. The molecule has 2 aromatic heterocycles. The molecule has 15 heavy (non-hydrogen) atoms. The van der Waals surface area contributed by atoms with Crippen LogP contribution in [-0.2, 0) is 4.74 Å². The highest BCUT2D eigenvalue weighted by molar-refractivity contribution is 6.31. The topological polar surface area (TPSA) is 52.1 Å². The summed E-state index contributed by atoms with van der Waals surface area (Å²) in [7, 11) is 3.24. The van der Waals surface area contributed by atoms with Crippen LogP contribution in [0.25, 0.3) is 11.0 Å². The number of carbonyl (C=O) groups is 1. The van der Waals surface area contributed by atoms with E-state index in [0.717, 1.165) is 11.1 Å². The van der Waals surface area contributed by atoms with E-state index in [1.165, 1.54) is 13.3 Å². The summed E-state index contributed by atoms with van der Waals surface area (Å²) < 4.78 is 4.61. The van der Waals surface area contributed by atoms with Crippen molar-refractivity contribution in [1.29, 1.82) is 0 Å². The van der Waals surface area contributed by atoms with E-state index in [2.05, 4.69) is 14.7 Å². The van der Waals surface area contributed by atoms with Crippen LogP contribution in [-0.4, -0.2) is 30.9 Å². The number of rotatable bonds is 1. The fourth-order valence-electron chi connectivity index (χ4n) is 1.34. The molecule has 0 saturated carbocycles. The quantitative estimate of drug-likeness (QED) is 0.467. The molecule has 0 N–H and O–H groups in total. The summed E-state index contributed by atoms with van der Waals surface area (Å²) in [5.74, 6) is -0.396. The van der Waals surface area contributed by atoms with Gasteiger partial charge in [0, 0.05) is 6.20 Å². The molecule has 5 heteroatoms. The van der Waals surface area contributed by atoms with Crippen LogP contribution in [0.5, 0.6) is 0 Å². The third-order valence-corrected chi connectivity index (χ3v) is 2.10. The second-order valence-corrected chi connectivity index (χ2v) is 3.21. The average molecular weight is 200 g/mol. The first-order valence-electron chi connectivity index (χ1n) is 4.52. The lowest BCUT2D eigenvalue weighted by Crippen LogP contribution is -2.08. The minimum atomic E-state index is -0.396. The summed E-state index contributed by atoms with van der Waals surface area (Å²) in [5.41, 5.74) is 2.79. The normalized spacial score (nSPS) is 10.2. The van der Waals surface area contributed by atoms with Crippen molar-refractivity contribution >= 4 is 30.4 Å². The lowest BCUT2D eigenvalue weighted by atomic mass is 10.0. The second kappa shape index (κ2) is 3.69. The van der Waals surface area contributed by atoms with Gasteiger partial charge in [-0.2, -0.15) is 0 Å². The molecule has 2 heterocycles. The van der Waals surface area contributed by atoms with Crippen LogP contribution in [0.1, 0.15) is 10.4 Å². The SMILES string of the molecule is Bc1ccc2ncc(C(=O)OC)cc2n1. The largest absolute Gasteiger partial charge is 0.465 e. The van der Waals surface area contributed by atoms with Gasteiger partial charge in [0.05, 0.1) is 23.7 Å². The van der Waals surface area contributed by atoms with Gasteiger partial charge in [-0.1, -0.05) is 0 Å². The number of fused-ring (bicyclic) bond motifs is 1. The number of aromatic nitrogens is 2. The van der Waals surface area contributed by atoms with Gasteiger partial charge < -0.3 is 4.74 Å². The zero-order valence-electron chi connectivity index (χ0n) is 8.52. The highest BCUT2D eigenvalue weighted by Gasteiger charge is 2.07. The van der Waals surface area contributed by atoms with Crippen molar-refractivity contribution in [1.82, 2.24) is 9.97 Å². The van der Waals surface area contributed by atoms with Crippen molar-refractivity contribution < 1.29 is 9.53 Å². The van der Waals surface area contributed by atoms with E-state index >= 15 is 0 Å². The second-order valence-electron chi connectivity index (χ2n) is 3.21. The molecule has 2 rings (SSSR count). The standard InChI is InChI=1S/C10H9BN2O2/c1-15-10(14)6-4-8-7(12-5-6)2-3-9(11)13-8/h2-5H,11H2,1H3. The van der Waals surface area contributed by atoms with Crippen molar-refractivity contribution in [2.75, 3.05) is 7.11 Å². The third kappa shape index (κ3) is 1.81. The van der Waals surface area contributed by atoms with Gasteiger partial charge in [-0.05, 0) is 23.8 Å². The molecular weight excluding hydrogens is 191 g/mol. The molecule has 0 spiro atoms. The Morgan fingerprint density at radius 1 is 1.40 bits per heavy atom. The maximum atomic E-state index is 11.3. The van der Waals surface area contributed by atoms with E-state index in [1.807, 2.05) is 20.0 Å². The number of hydrogen-bond acceptors (Lipinski definition) is 4. The summed E-state index contributed by atoms with van der Waals surface area (Å²) >= 11 is 0. The molecule has 0 amide bonds. The van der Waals surface area contributed by atoms with Gasteiger partial charge in [0.1, 0.15) is 0 Å². The van der Waals surface area contributed by atoms with Gasteiger partial charge in [0.2, 0.25) is 0 Å². The minimum Gasteiger partial charge on any atom is -0.465 e. The number of pyridine rings is 2. The fourth-order valence-corrected chi connectivity index (χ4v) is 1.34. The fraction of sp³-hybridized carbons (Fsp3) is 0.100. The zero-order chi connectivity index (χ0) is 10.8. The molecule has 0 radical (unpaired) electrons. The molecule has 74 valence electrons. The Morgan fingerprint density at radius 2 is 2.20 bits per heavy atom. The van der Waals surface area contributed by atoms with Crippen LogP contribution < -0.4 is 5.59 Å². The van der Waals surface area contributed by atoms with Crippen LogP contribution in [0, 0.1) is 0 Å². The molecule has 4 nitrogen and oxygen atoms in total. The summed E-state index contributed by atoms with van der Waals surface area (Å²) in [5, 5.41) is 0. The van der Waals surface area contributed by atoms with E-state index in [4.69, 9.17) is 0 Å². The van der Waals surface area contributed by atoms with E-state index in [9.17, 15) is 4.79 Å². The first-order valence-corrected chi connectivity index (χ1v) is 4.52. The summed E-state index contributed by atoms with van der Waals surface area (Å²) in [4.78, 5) is 19.7. The van der Waals surface area contributed by atoms with Crippen molar-refractivity contribution in [3.8, 4) is 0 Å². The Bertz CT molecular complexity index is 528. The van der Waals surface area contributed by atoms with Gasteiger partial charge in [-0.3, -0.25) is 9.97 Å². The Kier molecular flexibility index (Phi) is 2.37. The molecule has 0 fully saturated rings. The monoisotopic (exact) mass is 200 g/mol. The van der Waals surface area contributed by atoms with Crippen LogP contribution in [0.4, 0.5) is 0 Å². The third-order valence-electron chi connectivity index (χ3n) is 2.10. The van der Waals surface area contributed by atoms with Crippen LogP contribution in [0.2, 0.25) is 0 Å². The van der Waals surface area contributed by atoms with Crippen LogP contribution in [0.3, 0.4) is 0 Å². The molecule has 0 aliphatic heterocycles. The maximum Gasteiger partial charge on any atom is 0.339 e. The van der Waals surface area contributed by atoms with Gasteiger partial charge >= 0.3 is 5.97 Å². The van der Waals surface area contributed by atoms with E-state index in [0.29, 0.717) is 11.1 Å². The van der Waals surface area contributed by atoms with Gasteiger partial charge in [0.25, 0.3) is 0 Å². The number of methoxy groups -OCH3 is 1. The molecule has 0 aliphatic rings. The Balaban J connectivity index is 2.59. The summed E-state index contributed by atoms with van der Waals surface area (Å²) in [6.45, 7) is 0. The highest BCUT2D eigenvalue weighted by atomic mass is 16.5. The molecular formula is C10H9BN2O2. The molecule has 0 bridgehead atoms. The van der Waals surface area contributed by atoms with Crippen molar-refractivity contribution in [3.05, 3.63) is 30.0 Å². The molecule has 2 aromatic rings. The van der Waals surface area contributed by atoms with Gasteiger partial charge in [-0.25, -0.2) is 4.79 Å². The number of hydrogen-bond donors (Lipinski definition) is 0. The Hall–Kier alpha value is -1.91. The Morgan fingerprint density at radius 3 is 2.93 bits per heavy atom. The average Bonchev–Trinajstić information content (AvgIpc) is 2.27. The van der Waals surface area contributed by atoms with Gasteiger partial charge in [-0.15, -0.1) is 0 Å². The number of esters is 1. The lowest BCUT2D eigenvalue weighted by Gasteiger charge is -2.01. The Labute approximate surface area is 87.7 Å². The van der Waals surface area contributed by atoms with Crippen LogP contribution in [0.15, 0.2) is 24.4 Å². The summed E-state index contributed by atoms with van der Waals surface area (Å²) in [6, 6.07) is 5.44. The predicted octanol–water partition coefficient (Wildman–Crippen LogP) is -0.325. The van der Waals surface area contributed by atoms with Gasteiger partial charge in [0.15, 0.2) is 7.85 Å². The predicted molar refractivity (Wildman–Crippen MR) is 59.1 cm³/mol. The number of carbonyl (C=O) groups excluding carboxylic acids is 1. The van der Waals surface area contributed by atoms with Crippen molar-refractivity contribution in [2.24, 2.45) is 0 Å². The van der Waals surface area contributed by atoms with Crippen LogP contribution >= 0.6 is 0 Å². The first kappa shape index (κ1) is 9.64. The lowest BCUT2D eigenvalue weighted by molar-refractivity contribution is 0.0600. The zero-order valence-corrected chi connectivity index (χ0v) is 8.52. The van der Waals surface area contributed by atoms with E-state index < -0.39 is 5.97 Å². The summed E-state index contributed by atoms with van der Waals surface area (Å²) in [6.07, 6.45) is 1.49. The minimum absolute atomic E-state index is 0.396. The number of ether oxygens (including phenoxy) is 1. The van der Waals surface area contributed by atoms with Crippen molar-refractivity contribution in [3.63, 3.8) is 0 Å². The first-order chi connectivity index (χ1) is 7.20. The maximum absolute atomic E-state index is 11.3. The molecule has 0 unspecified atom stereocenters. The smallest absolute Gasteiger partial charge is 0.339 e. The molecule has 0 aliphatic carbocycles. The van der Waals surface area contributed by atoms with Crippen molar-refractivity contribution in [2.45, 2.75) is 0 Å². The molecule has 0 aromatic carbocycles.